The molecule has 3 aromatic rings. The van der Waals surface area contributed by atoms with Crippen molar-refractivity contribution in [3.05, 3.63) is 65.0 Å². The van der Waals surface area contributed by atoms with Crippen LogP contribution in [0.1, 0.15) is 67.4 Å². The normalized spacial score (nSPS) is 19.5. The lowest BCUT2D eigenvalue weighted by Crippen LogP contribution is -2.48. The average molecular weight is 733 g/mol. The van der Waals surface area contributed by atoms with Crippen molar-refractivity contribution >= 4 is 35.0 Å². The molecular weight excluding hydrogens is 685 g/mol. The Kier molecular flexibility index (Phi) is 13.5. The van der Waals surface area contributed by atoms with Gasteiger partial charge in [0.15, 0.2) is 5.76 Å². The molecule has 1 aliphatic heterocycles. The number of carbonyl (C=O) groups is 3. The molecule has 0 saturated heterocycles. The van der Waals surface area contributed by atoms with E-state index in [2.05, 4.69) is 21.1 Å². The van der Waals surface area contributed by atoms with Crippen LogP contribution in [0.4, 0.5) is 39.8 Å². The van der Waals surface area contributed by atoms with Crippen LogP contribution in [0, 0.1) is 19.8 Å². The summed E-state index contributed by atoms with van der Waals surface area (Å²) in [6.07, 6.45) is -3.13. The highest BCUT2D eigenvalue weighted by Gasteiger charge is 2.32. The van der Waals surface area contributed by atoms with Crippen LogP contribution >= 0.6 is 0 Å². The largest absolute Gasteiger partial charge is 0.490 e. The van der Waals surface area contributed by atoms with Crippen LogP contribution in [-0.2, 0) is 10.9 Å². The number of halogens is 3. The van der Waals surface area contributed by atoms with E-state index in [1.54, 1.807) is 40.0 Å². The molecule has 1 aliphatic rings. The number of hydrogen-bond acceptors (Lipinski definition) is 8. The van der Waals surface area contributed by atoms with Crippen molar-refractivity contribution in [3.63, 3.8) is 0 Å². The van der Waals surface area contributed by atoms with Gasteiger partial charge in [0.05, 0.1) is 36.0 Å². The minimum absolute atomic E-state index is 0.136. The number of rotatable bonds is 7. The zero-order valence-corrected chi connectivity index (χ0v) is 30.2. The first-order valence-corrected chi connectivity index (χ1v) is 17.1. The van der Waals surface area contributed by atoms with E-state index in [0.717, 1.165) is 37.1 Å². The summed E-state index contributed by atoms with van der Waals surface area (Å²) >= 11 is 0. The van der Waals surface area contributed by atoms with Crippen LogP contribution in [0.3, 0.4) is 0 Å². The molecule has 1 aromatic heterocycles. The number of ether oxygens (including phenoxy) is 2. The number of aliphatic hydroxyl groups excluding tert-OH is 1. The molecule has 16 heteroatoms. The Bertz CT molecular complexity index is 1660. The van der Waals surface area contributed by atoms with E-state index < -0.39 is 35.8 Å². The first-order valence-electron chi connectivity index (χ1n) is 17.1. The van der Waals surface area contributed by atoms with Gasteiger partial charge in [0.2, 0.25) is 0 Å². The number of nitrogens with one attached hydrogen (secondary N) is 3. The Morgan fingerprint density at radius 1 is 1.06 bits per heavy atom. The first-order chi connectivity index (χ1) is 24.6. The Hall–Kier alpha value is -4.83. The van der Waals surface area contributed by atoms with Crippen molar-refractivity contribution in [2.75, 3.05) is 49.3 Å². The highest BCUT2D eigenvalue weighted by molar-refractivity contribution is 6.02. The molecule has 4 atom stereocenters. The number of urea groups is 2. The van der Waals surface area contributed by atoms with Crippen LogP contribution in [0.2, 0.25) is 0 Å². The van der Waals surface area contributed by atoms with Crippen LogP contribution in [0.5, 0.6) is 5.75 Å². The number of likely N-dealkylation sites (N-methyl/N-ethyl adjacent to an activating group) is 1. The maximum absolute atomic E-state index is 14.4. The molecule has 5 amide bonds. The zero-order valence-electron chi connectivity index (χ0n) is 30.2. The van der Waals surface area contributed by atoms with Crippen molar-refractivity contribution in [1.29, 1.82) is 0 Å². The van der Waals surface area contributed by atoms with Gasteiger partial charge >= 0.3 is 18.2 Å². The second kappa shape index (κ2) is 17.6. The van der Waals surface area contributed by atoms with Gasteiger partial charge in [-0.25, -0.2) is 9.59 Å². The van der Waals surface area contributed by atoms with Gasteiger partial charge in [-0.15, -0.1) is 0 Å². The number of aromatic nitrogens is 1. The predicted molar refractivity (Wildman–Crippen MR) is 189 cm³/mol. The number of alkyl halides is 3. The Labute approximate surface area is 300 Å². The van der Waals surface area contributed by atoms with Gasteiger partial charge in [-0.05, 0) is 89.4 Å². The second-order valence-electron chi connectivity index (χ2n) is 13.2. The van der Waals surface area contributed by atoms with E-state index in [1.807, 2.05) is 13.8 Å². The molecule has 4 N–H and O–H groups in total. The fourth-order valence-electron chi connectivity index (χ4n) is 5.72. The molecule has 0 saturated carbocycles. The van der Waals surface area contributed by atoms with Crippen LogP contribution < -0.4 is 20.7 Å². The molecule has 0 radical (unpaired) electrons. The molecule has 52 heavy (non-hydrogen) atoms. The number of hydrogen-bond donors (Lipinski definition) is 4. The lowest BCUT2D eigenvalue weighted by atomic mass is 10.0. The van der Waals surface area contributed by atoms with E-state index in [-0.39, 0.29) is 60.4 Å². The van der Waals surface area contributed by atoms with Gasteiger partial charge in [-0.1, -0.05) is 12.1 Å². The van der Waals surface area contributed by atoms with Gasteiger partial charge in [-0.2, -0.15) is 13.2 Å². The molecule has 0 unspecified atom stereocenters. The first kappa shape index (κ1) is 39.9. The molecule has 0 spiro atoms. The van der Waals surface area contributed by atoms with Gasteiger partial charge in [0.25, 0.3) is 5.91 Å². The summed E-state index contributed by atoms with van der Waals surface area (Å²) < 4.78 is 56.6. The number of carbonyl (C=O) groups excluding carboxylic acids is 3. The number of anilines is 3. The number of fused-ring (bicyclic) bond motifs is 1. The molecule has 2 heterocycles. The maximum Gasteiger partial charge on any atom is 0.416 e. The minimum Gasteiger partial charge on any atom is -0.490 e. The van der Waals surface area contributed by atoms with Crippen LogP contribution in [-0.4, -0.2) is 89.6 Å². The topological polar surface area (TPSA) is 158 Å². The molecular formula is C36H47F3N6O7. The van der Waals surface area contributed by atoms with E-state index in [9.17, 15) is 32.7 Å². The molecule has 13 nitrogen and oxygen atoms in total. The quantitative estimate of drug-likeness (QED) is 0.204. The van der Waals surface area contributed by atoms with E-state index in [1.165, 1.54) is 15.9 Å². The number of nitrogens with zero attached hydrogens (tertiary/aromatic N) is 3. The van der Waals surface area contributed by atoms with E-state index in [4.69, 9.17) is 14.0 Å². The maximum atomic E-state index is 14.4. The highest BCUT2D eigenvalue weighted by Crippen LogP contribution is 2.31. The zero-order chi connectivity index (χ0) is 38.2. The fraction of sp³-hybridized carbons (Fsp3) is 0.500. The summed E-state index contributed by atoms with van der Waals surface area (Å²) in [7, 11) is 1.64. The van der Waals surface area contributed by atoms with Crippen molar-refractivity contribution in [2.24, 2.45) is 5.92 Å². The second-order valence-corrected chi connectivity index (χ2v) is 13.2. The summed E-state index contributed by atoms with van der Waals surface area (Å²) in [6, 6.07) is 6.85. The van der Waals surface area contributed by atoms with Gasteiger partial charge in [0.1, 0.15) is 17.1 Å². The standard InChI is InChI=1S/C36H47F3N6O7/c1-21-18-45(22(2)20-46)33(47)29-17-28(41-34(48)40-27-12-10-26(11-13-27)36(37,38)39)14-15-30(29)51-23(3)9-7-8-16-50-31(21)19-44(6)35(49)42-32-24(4)43-52-25(32)5/h10-15,17,21-23,31,46H,7-9,16,18-20H2,1-6H3,(H,42,49)(H2,40,41,48)/t21-,22+,23+,31-/m0/s1. The summed E-state index contributed by atoms with van der Waals surface area (Å²) in [6.45, 7) is 9.34. The van der Waals surface area contributed by atoms with Crippen LogP contribution in [0.25, 0.3) is 0 Å². The van der Waals surface area contributed by atoms with E-state index in [0.29, 0.717) is 30.2 Å². The number of benzene rings is 2. The van der Waals surface area contributed by atoms with Gasteiger partial charge < -0.3 is 44.9 Å². The van der Waals surface area contributed by atoms with Crippen molar-refractivity contribution in [3.8, 4) is 5.75 Å². The summed E-state index contributed by atoms with van der Waals surface area (Å²) in [5.74, 6) is -0.0164. The third-order valence-electron chi connectivity index (χ3n) is 8.85. The monoisotopic (exact) mass is 732 g/mol. The average Bonchev–Trinajstić information content (AvgIpc) is 3.41. The fourth-order valence-corrected chi connectivity index (χ4v) is 5.72. The molecule has 0 bridgehead atoms. The third-order valence-corrected chi connectivity index (χ3v) is 8.85. The van der Waals surface area contributed by atoms with Crippen molar-refractivity contribution in [1.82, 2.24) is 15.0 Å². The lowest BCUT2D eigenvalue weighted by Gasteiger charge is -2.35. The molecule has 0 fully saturated rings. The van der Waals surface area contributed by atoms with Crippen LogP contribution in [0.15, 0.2) is 47.0 Å². The molecule has 284 valence electrons. The summed E-state index contributed by atoms with van der Waals surface area (Å²) in [5.41, 5.74) is 0.689. The summed E-state index contributed by atoms with van der Waals surface area (Å²) in [5, 5.41) is 22.1. The highest BCUT2D eigenvalue weighted by atomic mass is 19.4. The summed E-state index contributed by atoms with van der Waals surface area (Å²) in [4.78, 5) is 43.4. The number of amides is 5. The Morgan fingerprint density at radius 3 is 2.37 bits per heavy atom. The Balaban J connectivity index is 1.57. The van der Waals surface area contributed by atoms with Crippen molar-refractivity contribution < 1.29 is 46.7 Å². The SMILES string of the molecule is Cc1noc(C)c1NC(=O)N(C)C[C@@H]1OCCCC[C@@H](C)Oc2ccc(NC(=O)Nc3ccc(C(F)(F)F)cc3)cc2C(=O)N([C@H](C)CO)C[C@@H]1C. The van der Waals surface area contributed by atoms with E-state index >= 15 is 0 Å². The number of aryl methyl sites for hydroxylation is 2. The minimum atomic E-state index is -4.51. The molecule has 0 aliphatic carbocycles. The predicted octanol–water partition coefficient (Wildman–Crippen LogP) is 6.91. The number of aliphatic hydroxyl groups is 1. The lowest BCUT2D eigenvalue weighted by molar-refractivity contribution is -0.137. The Morgan fingerprint density at radius 2 is 1.73 bits per heavy atom. The molecule has 4 rings (SSSR count). The smallest absolute Gasteiger partial charge is 0.416 e. The third kappa shape index (κ3) is 10.6. The van der Waals surface area contributed by atoms with Crippen molar-refractivity contribution in [2.45, 2.75) is 78.3 Å². The van der Waals surface area contributed by atoms with Gasteiger partial charge in [-0.3, -0.25) is 4.79 Å². The molecule has 2 aromatic carbocycles. The van der Waals surface area contributed by atoms with Gasteiger partial charge in [0, 0.05) is 44.0 Å².